The number of allylic oxidation sites excluding steroid dienone is 8. The standard InChI is InChI=1S/C23H26N2/c1(6-16-24-18-8-12-20-10-2-4-14-22(20)24)7-17-25-19-9-13-21-11-3-5-15-23(21)25/h2-5,8-15,18-19,22-23H,1,6-7,16-17H2. The lowest BCUT2D eigenvalue weighted by atomic mass is 9.97. The van der Waals surface area contributed by atoms with Crippen molar-refractivity contribution in [2.24, 2.45) is 0 Å². The van der Waals surface area contributed by atoms with E-state index in [0.29, 0.717) is 12.1 Å². The average molecular weight is 330 g/mol. The summed E-state index contributed by atoms with van der Waals surface area (Å²) in [5.74, 6) is 0. The Hall–Kier alpha value is -2.48. The molecule has 4 aliphatic rings. The number of unbranched alkanes of at least 4 members (excludes halogenated alkanes) is 2. The van der Waals surface area contributed by atoms with Gasteiger partial charge >= 0.3 is 0 Å². The lowest BCUT2D eigenvalue weighted by molar-refractivity contribution is 0.314. The largest absolute Gasteiger partial charge is 0.367 e. The molecular formula is C23H26N2. The molecule has 0 N–H and O–H groups in total. The molecule has 128 valence electrons. The molecule has 4 rings (SSSR count). The SMILES string of the molecule is C1=CC2=CC=CN(CCCCCN3C=CC=C4C=CC=CC43)C2C=C1. The van der Waals surface area contributed by atoms with E-state index >= 15 is 0 Å². The fraction of sp³-hybridized carbons (Fsp3) is 0.304. The third-order valence-electron chi connectivity index (χ3n) is 5.25. The van der Waals surface area contributed by atoms with Crippen molar-refractivity contribution < 1.29 is 0 Å². The van der Waals surface area contributed by atoms with Gasteiger partial charge in [-0.25, -0.2) is 0 Å². The van der Waals surface area contributed by atoms with Gasteiger partial charge in [-0.1, -0.05) is 60.8 Å². The quantitative estimate of drug-likeness (QED) is 0.654. The zero-order valence-electron chi connectivity index (χ0n) is 14.7. The highest BCUT2D eigenvalue weighted by atomic mass is 15.1. The number of hydrogen-bond donors (Lipinski definition) is 0. The molecule has 0 fully saturated rings. The molecule has 2 heteroatoms. The van der Waals surface area contributed by atoms with E-state index in [0.717, 1.165) is 13.1 Å². The molecule has 0 spiro atoms. The Kier molecular flexibility index (Phi) is 4.87. The van der Waals surface area contributed by atoms with Gasteiger partial charge in [0, 0.05) is 13.1 Å². The Balaban J connectivity index is 1.21. The van der Waals surface area contributed by atoms with E-state index < -0.39 is 0 Å². The van der Waals surface area contributed by atoms with E-state index in [1.165, 1.54) is 30.4 Å². The van der Waals surface area contributed by atoms with Crippen LogP contribution in [0.15, 0.2) is 96.5 Å². The number of fused-ring (bicyclic) bond motifs is 2. The molecular weight excluding hydrogens is 304 g/mol. The van der Waals surface area contributed by atoms with E-state index in [9.17, 15) is 0 Å². The molecule has 2 aliphatic heterocycles. The monoisotopic (exact) mass is 330 g/mol. The van der Waals surface area contributed by atoms with Crippen LogP contribution in [-0.4, -0.2) is 35.0 Å². The minimum Gasteiger partial charge on any atom is -0.367 e. The van der Waals surface area contributed by atoms with E-state index in [1.807, 2.05) is 0 Å². The minimum absolute atomic E-state index is 0.437. The van der Waals surface area contributed by atoms with Gasteiger partial charge in [-0.15, -0.1) is 0 Å². The maximum absolute atomic E-state index is 2.46. The molecule has 2 nitrogen and oxygen atoms in total. The van der Waals surface area contributed by atoms with E-state index in [2.05, 4.69) is 95.1 Å². The highest BCUT2D eigenvalue weighted by molar-refractivity contribution is 5.42. The van der Waals surface area contributed by atoms with E-state index in [4.69, 9.17) is 0 Å². The molecule has 2 aliphatic carbocycles. The molecule has 0 saturated heterocycles. The second kappa shape index (κ2) is 7.60. The van der Waals surface area contributed by atoms with E-state index in [1.54, 1.807) is 0 Å². The van der Waals surface area contributed by atoms with Crippen molar-refractivity contribution in [3.8, 4) is 0 Å². The van der Waals surface area contributed by atoms with Crippen LogP contribution >= 0.6 is 0 Å². The number of rotatable bonds is 6. The minimum atomic E-state index is 0.437. The normalized spacial score (nSPS) is 25.8. The first-order valence-corrected chi connectivity index (χ1v) is 9.40. The number of hydrogen-bond acceptors (Lipinski definition) is 2. The van der Waals surface area contributed by atoms with Crippen molar-refractivity contribution in [2.75, 3.05) is 13.1 Å². The molecule has 2 atom stereocenters. The summed E-state index contributed by atoms with van der Waals surface area (Å²) in [6.45, 7) is 2.26. The Morgan fingerprint density at radius 3 is 1.64 bits per heavy atom. The zero-order chi connectivity index (χ0) is 16.9. The molecule has 2 heterocycles. The van der Waals surface area contributed by atoms with Crippen LogP contribution in [0.5, 0.6) is 0 Å². The molecule has 25 heavy (non-hydrogen) atoms. The van der Waals surface area contributed by atoms with Crippen molar-refractivity contribution in [1.82, 2.24) is 9.80 Å². The lowest BCUT2D eigenvalue weighted by Crippen LogP contribution is -2.34. The Morgan fingerprint density at radius 1 is 0.600 bits per heavy atom. The van der Waals surface area contributed by atoms with Crippen molar-refractivity contribution in [3.63, 3.8) is 0 Å². The van der Waals surface area contributed by atoms with Crippen molar-refractivity contribution in [1.29, 1.82) is 0 Å². The fourth-order valence-corrected chi connectivity index (χ4v) is 3.91. The summed E-state index contributed by atoms with van der Waals surface area (Å²) >= 11 is 0. The van der Waals surface area contributed by atoms with Gasteiger partial charge in [-0.2, -0.15) is 0 Å². The molecule has 0 aromatic carbocycles. The van der Waals surface area contributed by atoms with Crippen molar-refractivity contribution in [3.05, 3.63) is 96.5 Å². The van der Waals surface area contributed by atoms with Crippen LogP contribution in [0.1, 0.15) is 19.3 Å². The smallest absolute Gasteiger partial charge is 0.0724 e. The van der Waals surface area contributed by atoms with Gasteiger partial charge < -0.3 is 9.80 Å². The predicted molar refractivity (Wildman–Crippen MR) is 106 cm³/mol. The van der Waals surface area contributed by atoms with Crippen LogP contribution in [0.25, 0.3) is 0 Å². The van der Waals surface area contributed by atoms with Gasteiger partial charge in [0.1, 0.15) is 0 Å². The summed E-state index contributed by atoms with van der Waals surface area (Å²) in [6, 6.07) is 0.874. The lowest BCUT2D eigenvalue weighted by Gasteiger charge is -2.34. The van der Waals surface area contributed by atoms with Crippen LogP contribution < -0.4 is 0 Å². The summed E-state index contributed by atoms with van der Waals surface area (Å²) in [6.07, 6.45) is 34.6. The molecule has 0 amide bonds. The van der Waals surface area contributed by atoms with Crippen LogP contribution in [0, 0.1) is 0 Å². The second-order valence-electron chi connectivity index (χ2n) is 6.93. The Bertz CT molecular complexity index is 665. The molecule has 0 aromatic heterocycles. The molecule has 2 unspecified atom stereocenters. The van der Waals surface area contributed by atoms with Gasteiger partial charge in [0.05, 0.1) is 12.1 Å². The van der Waals surface area contributed by atoms with E-state index in [-0.39, 0.29) is 0 Å². The first-order chi connectivity index (χ1) is 12.4. The number of nitrogens with zero attached hydrogens (tertiary/aromatic N) is 2. The van der Waals surface area contributed by atoms with Crippen molar-refractivity contribution in [2.45, 2.75) is 31.3 Å². The Morgan fingerprint density at radius 2 is 1.12 bits per heavy atom. The van der Waals surface area contributed by atoms with Gasteiger partial charge in [-0.3, -0.25) is 0 Å². The van der Waals surface area contributed by atoms with Gasteiger partial charge in [0.25, 0.3) is 0 Å². The maximum Gasteiger partial charge on any atom is 0.0724 e. The van der Waals surface area contributed by atoms with Crippen LogP contribution in [0.2, 0.25) is 0 Å². The third kappa shape index (κ3) is 3.63. The summed E-state index contributed by atoms with van der Waals surface area (Å²) in [7, 11) is 0. The van der Waals surface area contributed by atoms with Crippen molar-refractivity contribution >= 4 is 0 Å². The zero-order valence-corrected chi connectivity index (χ0v) is 14.7. The molecule has 0 saturated carbocycles. The maximum atomic E-state index is 2.46. The van der Waals surface area contributed by atoms with Crippen LogP contribution in [-0.2, 0) is 0 Å². The van der Waals surface area contributed by atoms with Gasteiger partial charge in [0.2, 0.25) is 0 Å². The summed E-state index contributed by atoms with van der Waals surface area (Å²) in [5, 5.41) is 0. The van der Waals surface area contributed by atoms with Crippen LogP contribution in [0.3, 0.4) is 0 Å². The average Bonchev–Trinajstić information content (AvgIpc) is 2.68. The summed E-state index contributed by atoms with van der Waals surface area (Å²) in [5.41, 5.74) is 2.81. The highest BCUT2D eigenvalue weighted by Crippen LogP contribution is 2.24. The van der Waals surface area contributed by atoms with Gasteiger partial charge in [0.15, 0.2) is 0 Å². The third-order valence-corrected chi connectivity index (χ3v) is 5.25. The first-order valence-electron chi connectivity index (χ1n) is 9.40. The second-order valence-corrected chi connectivity index (χ2v) is 6.93. The van der Waals surface area contributed by atoms with Crippen LogP contribution in [0.4, 0.5) is 0 Å². The Labute approximate surface area is 151 Å². The first kappa shape index (κ1) is 16.0. The predicted octanol–water partition coefficient (Wildman–Crippen LogP) is 4.66. The summed E-state index contributed by atoms with van der Waals surface area (Å²) in [4.78, 5) is 4.93. The van der Waals surface area contributed by atoms with Gasteiger partial charge in [-0.05, 0) is 55.0 Å². The molecule has 0 aromatic rings. The molecule has 0 radical (unpaired) electrons. The molecule has 0 bridgehead atoms. The highest BCUT2D eigenvalue weighted by Gasteiger charge is 2.20. The topological polar surface area (TPSA) is 6.48 Å². The fourth-order valence-electron chi connectivity index (χ4n) is 3.91. The summed E-state index contributed by atoms with van der Waals surface area (Å²) < 4.78 is 0.